The lowest BCUT2D eigenvalue weighted by molar-refractivity contribution is 0.103. The monoisotopic (exact) mass is 510 g/mol. The van der Waals surface area contributed by atoms with Crippen LogP contribution in [-0.2, 0) is 0 Å². The fraction of sp³-hybridized carbons (Fsp3) is 0. The summed E-state index contributed by atoms with van der Waals surface area (Å²) in [6.07, 6.45) is 2.84. The van der Waals surface area contributed by atoms with Crippen LogP contribution in [0.3, 0.4) is 0 Å². The maximum atomic E-state index is 13.0. The number of hydrogen-bond acceptors (Lipinski definition) is 7. The molecule has 0 aliphatic carbocycles. The Labute approximate surface area is 221 Å². The highest BCUT2D eigenvalue weighted by atomic mass is 16.5. The van der Waals surface area contributed by atoms with E-state index < -0.39 is 9.40 Å². The minimum Gasteiger partial charge on any atom is -0.457 e. The van der Waals surface area contributed by atoms with E-state index in [1.807, 2.05) is 0 Å². The van der Waals surface area contributed by atoms with Crippen LogP contribution in [0.15, 0.2) is 123 Å². The summed E-state index contributed by atoms with van der Waals surface area (Å²) in [4.78, 5) is 13.0. The van der Waals surface area contributed by atoms with Crippen LogP contribution in [-0.4, -0.2) is 5.78 Å². The summed E-state index contributed by atoms with van der Waals surface area (Å²) < 4.78 is 10.9. The van der Waals surface area contributed by atoms with Gasteiger partial charge >= 0.3 is 0 Å². The summed E-state index contributed by atoms with van der Waals surface area (Å²) in [5, 5.41) is 0. The van der Waals surface area contributed by atoms with Crippen molar-refractivity contribution in [1.82, 2.24) is 9.40 Å². The second-order valence-corrected chi connectivity index (χ2v) is 8.60. The summed E-state index contributed by atoms with van der Waals surface area (Å²) in [5.74, 6) is 25.9. The molecule has 0 aliphatic rings. The molecule has 4 aromatic carbocycles. The van der Waals surface area contributed by atoms with Gasteiger partial charge in [-0.15, -0.1) is 9.40 Å². The molecule has 0 radical (unpaired) electrons. The Bertz CT molecular complexity index is 1320. The lowest BCUT2D eigenvalue weighted by Crippen LogP contribution is -2.57. The molecule has 38 heavy (non-hydrogen) atoms. The van der Waals surface area contributed by atoms with Gasteiger partial charge in [0, 0.05) is 35.4 Å². The number of nitrogens with zero attached hydrogens (tertiary/aromatic N) is 2. The molecular formula is C29H30N6O3+2. The lowest BCUT2D eigenvalue weighted by Gasteiger charge is -2.20. The molecule has 0 aromatic heterocycles. The molecule has 192 valence electrons. The SMILES string of the molecule is C=C[N+](N)(N)c1ccc(Oc2ccc(C(=O)c3ccc(Oc4ccc([N+](N)(N)C=C)cc4)cc3)cc2)cc1. The first kappa shape index (κ1) is 26.5. The molecule has 8 N–H and O–H groups in total. The number of nitrogens with two attached hydrogens (primary N) is 4. The van der Waals surface area contributed by atoms with E-state index in [2.05, 4.69) is 13.2 Å². The number of quaternary nitrogens is 2. The van der Waals surface area contributed by atoms with Crippen LogP contribution < -0.4 is 42.2 Å². The molecule has 0 saturated carbocycles. The Kier molecular flexibility index (Phi) is 7.51. The molecule has 4 aromatic rings. The molecule has 0 unspecified atom stereocenters. The van der Waals surface area contributed by atoms with E-state index in [-0.39, 0.29) is 5.78 Å². The molecule has 0 spiro atoms. The van der Waals surface area contributed by atoms with E-state index in [1.165, 1.54) is 12.4 Å². The van der Waals surface area contributed by atoms with Crippen molar-refractivity contribution in [2.75, 3.05) is 0 Å². The molecule has 9 nitrogen and oxygen atoms in total. The van der Waals surface area contributed by atoms with Crippen molar-refractivity contribution in [1.29, 1.82) is 0 Å². The van der Waals surface area contributed by atoms with Crippen LogP contribution in [0.5, 0.6) is 23.0 Å². The third-order valence-corrected chi connectivity index (χ3v) is 5.88. The number of rotatable bonds is 10. The summed E-state index contributed by atoms with van der Waals surface area (Å²) in [6.45, 7) is 7.25. The van der Waals surface area contributed by atoms with Crippen molar-refractivity contribution in [3.05, 3.63) is 134 Å². The lowest BCUT2D eigenvalue weighted by atomic mass is 10.0. The maximum absolute atomic E-state index is 13.0. The summed E-state index contributed by atoms with van der Waals surface area (Å²) >= 11 is 0. The Balaban J connectivity index is 1.38. The van der Waals surface area contributed by atoms with Crippen LogP contribution in [0.1, 0.15) is 15.9 Å². The zero-order valence-corrected chi connectivity index (χ0v) is 20.7. The highest BCUT2D eigenvalue weighted by Crippen LogP contribution is 2.27. The average Bonchev–Trinajstić information content (AvgIpc) is 2.94. The van der Waals surface area contributed by atoms with Gasteiger partial charge in [0.05, 0.1) is 0 Å². The van der Waals surface area contributed by atoms with E-state index in [0.717, 1.165) is 0 Å². The van der Waals surface area contributed by atoms with Gasteiger partial charge < -0.3 is 9.47 Å². The topological polar surface area (TPSA) is 140 Å². The third kappa shape index (κ3) is 6.02. The van der Waals surface area contributed by atoms with Crippen LogP contribution in [0, 0.1) is 0 Å². The van der Waals surface area contributed by atoms with Gasteiger partial charge in [-0.05, 0) is 86.0 Å². The Morgan fingerprint density at radius 2 is 0.789 bits per heavy atom. The first-order valence-electron chi connectivity index (χ1n) is 11.6. The number of carbonyl (C=O) groups excluding carboxylic acids is 1. The molecule has 0 bridgehead atoms. The Hall–Kier alpha value is -4.61. The molecule has 0 atom stereocenters. The standard InChI is InChI=1S/C29H30N6O3/c1-3-34(30,31)23-9-17-27(18-10-23)37-25-13-5-21(6-14-25)29(36)22-7-15-26(16-8-22)38-28-19-11-24(12-20-28)35(32,33)4-2/h3-20H,1-2,30-33H2/q+2. The van der Waals surface area contributed by atoms with Gasteiger partial charge in [0.15, 0.2) is 17.2 Å². The van der Waals surface area contributed by atoms with Gasteiger partial charge in [-0.1, -0.05) is 0 Å². The fourth-order valence-electron chi connectivity index (χ4n) is 3.54. The quantitative estimate of drug-likeness (QED) is 0.103. The first-order chi connectivity index (χ1) is 18.1. The third-order valence-electron chi connectivity index (χ3n) is 5.88. The molecule has 0 amide bonds. The van der Waals surface area contributed by atoms with Crippen LogP contribution in [0.4, 0.5) is 11.4 Å². The normalized spacial score (nSPS) is 11.5. The molecule has 0 heterocycles. The van der Waals surface area contributed by atoms with Crippen molar-refractivity contribution in [2.45, 2.75) is 0 Å². The molecule has 0 saturated heterocycles. The Morgan fingerprint density at radius 1 is 0.526 bits per heavy atom. The highest BCUT2D eigenvalue weighted by Gasteiger charge is 2.18. The van der Waals surface area contributed by atoms with E-state index >= 15 is 0 Å². The van der Waals surface area contributed by atoms with Crippen molar-refractivity contribution in [3.8, 4) is 23.0 Å². The summed E-state index contributed by atoms with van der Waals surface area (Å²) in [7, 11) is 0. The van der Waals surface area contributed by atoms with Gasteiger partial charge in [0.2, 0.25) is 0 Å². The largest absolute Gasteiger partial charge is 0.457 e. The van der Waals surface area contributed by atoms with Gasteiger partial charge in [0.1, 0.15) is 35.4 Å². The van der Waals surface area contributed by atoms with Crippen LogP contribution >= 0.6 is 0 Å². The zero-order chi connectivity index (χ0) is 27.3. The van der Waals surface area contributed by atoms with E-state index in [0.29, 0.717) is 45.5 Å². The van der Waals surface area contributed by atoms with Gasteiger partial charge in [0.25, 0.3) is 0 Å². The van der Waals surface area contributed by atoms with E-state index in [4.69, 9.17) is 32.8 Å². The number of hydrogen-bond donors (Lipinski definition) is 4. The first-order valence-corrected chi connectivity index (χ1v) is 11.6. The molecular weight excluding hydrogens is 480 g/mol. The second kappa shape index (κ2) is 10.8. The number of benzene rings is 4. The maximum Gasteiger partial charge on any atom is 0.193 e. The smallest absolute Gasteiger partial charge is 0.193 e. The minimum absolute atomic E-state index is 0.120. The second-order valence-electron chi connectivity index (χ2n) is 8.60. The van der Waals surface area contributed by atoms with Crippen molar-refractivity contribution in [2.24, 2.45) is 23.4 Å². The molecule has 4 rings (SSSR count). The molecule has 0 aliphatic heterocycles. The van der Waals surface area contributed by atoms with Gasteiger partial charge in [-0.3, -0.25) is 4.79 Å². The zero-order valence-electron chi connectivity index (χ0n) is 20.7. The highest BCUT2D eigenvalue weighted by molar-refractivity contribution is 6.09. The number of ketones is 1. The van der Waals surface area contributed by atoms with Gasteiger partial charge in [-0.2, -0.15) is 23.4 Å². The fourth-order valence-corrected chi connectivity index (χ4v) is 3.54. The molecule has 0 fully saturated rings. The van der Waals surface area contributed by atoms with Crippen molar-refractivity contribution in [3.63, 3.8) is 0 Å². The number of carbonyl (C=O) groups is 1. The Morgan fingerprint density at radius 3 is 1.05 bits per heavy atom. The van der Waals surface area contributed by atoms with Gasteiger partial charge in [-0.25, -0.2) is 0 Å². The van der Waals surface area contributed by atoms with Crippen LogP contribution in [0.25, 0.3) is 0 Å². The van der Waals surface area contributed by atoms with Crippen LogP contribution in [0.2, 0.25) is 0 Å². The van der Waals surface area contributed by atoms with E-state index in [1.54, 1.807) is 97.1 Å². The minimum atomic E-state index is -0.434. The summed E-state index contributed by atoms with van der Waals surface area (Å²) in [5.41, 5.74) is 2.37. The van der Waals surface area contributed by atoms with E-state index in [9.17, 15) is 4.79 Å². The summed E-state index contributed by atoms with van der Waals surface area (Å²) in [6, 6.07) is 27.9. The predicted octanol–water partition coefficient (Wildman–Crippen LogP) is 4.90. The van der Waals surface area contributed by atoms with Crippen molar-refractivity contribution >= 4 is 17.2 Å². The number of ether oxygens (including phenoxy) is 2. The average molecular weight is 511 g/mol. The molecule has 9 heteroatoms. The predicted molar refractivity (Wildman–Crippen MR) is 150 cm³/mol. The van der Waals surface area contributed by atoms with Crippen molar-refractivity contribution < 1.29 is 14.3 Å².